The Balaban J connectivity index is 2.03. The first-order chi connectivity index (χ1) is 9.79. The summed E-state index contributed by atoms with van der Waals surface area (Å²) in [6.45, 7) is 5.35. The third-order valence-corrected chi connectivity index (χ3v) is 4.81. The monoisotopic (exact) mass is 282 g/mol. The van der Waals surface area contributed by atoms with Gasteiger partial charge in [-0.1, -0.05) is 25.1 Å². The second-order valence-electron chi connectivity index (χ2n) is 4.88. The van der Waals surface area contributed by atoms with Crippen molar-refractivity contribution in [3.05, 3.63) is 53.7 Å². The highest BCUT2D eigenvalue weighted by Gasteiger charge is 2.10. The Bertz CT molecular complexity index is 712. The highest BCUT2D eigenvalue weighted by Crippen LogP contribution is 2.35. The number of nitrogens with one attached hydrogen (secondary N) is 1. The Morgan fingerprint density at radius 1 is 1.20 bits per heavy atom. The van der Waals surface area contributed by atoms with Gasteiger partial charge in [-0.3, -0.25) is 4.98 Å². The van der Waals surface area contributed by atoms with Crippen molar-refractivity contribution < 1.29 is 0 Å². The van der Waals surface area contributed by atoms with Crippen LogP contribution < -0.4 is 5.32 Å². The topological polar surface area (TPSA) is 24.9 Å². The van der Waals surface area contributed by atoms with Crippen molar-refractivity contribution in [2.75, 3.05) is 6.54 Å². The smallest absolute Gasteiger partial charge is 0.0386 e. The molecule has 3 heteroatoms. The van der Waals surface area contributed by atoms with Gasteiger partial charge in [-0.25, -0.2) is 0 Å². The van der Waals surface area contributed by atoms with Crippen LogP contribution in [0.1, 0.15) is 24.8 Å². The molecule has 20 heavy (non-hydrogen) atoms. The molecule has 2 nitrogen and oxygen atoms in total. The molecule has 2 heterocycles. The van der Waals surface area contributed by atoms with Gasteiger partial charge < -0.3 is 5.32 Å². The van der Waals surface area contributed by atoms with Gasteiger partial charge in [0, 0.05) is 33.6 Å². The molecule has 3 rings (SSSR count). The van der Waals surface area contributed by atoms with E-state index < -0.39 is 0 Å². The number of thiophene rings is 1. The third-order valence-electron chi connectivity index (χ3n) is 3.51. The van der Waals surface area contributed by atoms with E-state index in [4.69, 9.17) is 0 Å². The summed E-state index contributed by atoms with van der Waals surface area (Å²) in [5, 5.41) is 5.93. The van der Waals surface area contributed by atoms with Crippen LogP contribution in [-0.4, -0.2) is 11.5 Å². The van der Waals surface area contributed by atoms with Gasteiger partial charge in [0.1, 0.15) is 0 Å². The van der Waals surface area contributed by atoms with E-state index in [1.165, 1.54) is 26.1 Å². The van der Waals surface area contributed by atoms with Crippen LogP contribution in [0.4, 0.5) is 0 Å². The molecule has 0 amide bonds. The minimum atomic E-state index is 0.412. The minimum Gasteiger partial charge on any atom is -0.310 e. The lowest BCUT2D eigenvalue weighted by molar-refractivity contribution is 0.607. The zero-order valence-electron chi connectivity index (χ0n) is 11.8. The minimum absolute atomic E-state index is 0.412. The summed E-state index contributed by atoms with van der Waals surface area (Å²) in [6, 6.07) is 13.4. The van der Waals surface area contributed by atoms with Crippen molar-refractivity contribution in [3.63, 3.8) is 0 Å². The molecule has 0 aliphatic heterocycles. The van der Waals surface area contributed by atoms with Crippen molar-refractivity contribution in [1.29, 1.82) is 0 Å². The Morgan fingerprint density at radius 3 is 2.95 bits per heavy atom. The molecule has 0 saturated carbocycles. The van der Waals surface area contributed by atoms with Crippen LogP contribution in [0.5, 0.6) is 0 Å². The van der Waals surface area contributed by atoms with Gasteiger partial charge in [0.2, 0.25) is 0 Å². The van der Waals surface area contributed by atoms with E-state index in [1.807, 2.05) is 23.7 Å². The fourth-order valence-corrected chi connectivity index (χ4v) is 3.55. The molecule has 102 valence electrons. The molecular weight excluding hydrogens is 264 g/mol. The summed E-state index contributed by atoms with van der Waals surface area (Å²) in [5.41, 5.74) is 1.30. The van der Waals surface area contributed by atoms with Gasteiger partial charge >= 0.3 is 0 Å². The van der Waals surface area contributed by atoms with Crippen molar-refractivity contribution in [1.82, 2.24) is 10.3 Å². The molecule has 1 N–H and O–H groups in total. The van der Waals surface area contributed by atoms with E-state index >= 15 is 0 Å². The Labute approximate surface area is 123 Å². The van der Waals surface area contributed by atoms with Gasteiger partial charge in [-0.15, -0.1) is 11.3 Å². The van der Waals surface area contributed by atoms with Crippen LogP contribution >= 0.6 is 11.3 Å². The first-order valence-electron chi connectivity index (χ1n) is 6.96. The van der Waals surface area contributed by atoms with Gasteiger partial charge in [0.15, 0.2) is 0 Å². The largest absolute Gasteiger partial charge is 0.310 e. The predicted molar refractivity (Wildman–Crippen MR) is 87.1 cm³/mol. The molecule has 0 saturated heterocycles. The molecule has 0 bridgehead atoms. The van der Waals surface area contributed by atoms with E-state index in [0.29, 0.717) is 6.04 Å². The van der Waals surface area contributed by atoms with Crippen molar-refractivity contribution >= 4 is 22.1 Å². The van der Waals surface area contributed by atoms with E-state index in [1.54, 1.807) is 0 Å². The van der Waals surface area contributed by atoms with E-state index in [9.17, 15) is 0 Å². The Kier molecular flexibility index (Phi) is 3.81. The second-order valence-corrected chi connectivity index (χ2v) is 6.00. The average molecular weight is 282 g/mol. The second kappa shape index (κ2) is 5.73. The average Bonchev–Trinajstić information content (AvgIpc) is 2.97. The molecule has 2 aromatic heterocycles. The number of hydrogen-bond donors (Lipinski definition) is 1. The van der Waals surface area contributed by atoms with Crippen LogP contribution in [0, 0.1) is 0 Å². The molecule has 0 aliphatic rings. The van der Waals surface area contributed by atoms with Crippen LogP contribution in [0.15, 0.2) is 48.8 Å². The molecule has 0 spiro atoms. The maximum Gasteiger partial charge on any atom is 0.0386 e. The number of pyridine rings is 1. The van der Waals surface area contributed by atoms with Crippen LogP contribution in [0.3, 0.4) is 0 Å². The van der Waals surface area contributed by atoms with Gasteiger partial charge in [0.25, 0.3) is 0 Å². The van der Waals surface area contributed by atoms with E-state index in [0.717, 1.165) is 6.54 Å². The summed E-state index contributed by atoms with van der Waals surface area (Å²) >= 11 is 1.87. The lowest BCUT2D eigenvalue weighted by Crippen LogP contribution is -2.16. The number of rotatable bonds is 4. The SMILES string of the molecule is CCNC(C)c1ccc(-c2cccc3cnccc23)s1. The number of hydrogen-bond acceptors (Lipinski definition) is 3. The van der Waals surface area contributed by atoms with Crippen LogP contribution in [0.2, 0.25) is 0 Å². The van der Waals surface area contributed by atoms with Crippen molar-refractivity contribution in [2.24, 2.45) is 0 Å². The fourth-order valence-electron chi connectivity index (χ4n) is 2.47. The molecule has 0 aliphatic carbocycles. The lowest BCUT2D eigenvalue weighted by atomic mass is 10.1. The molecule has 1 aromatic carbocycles. The fraction of sp³-hybridized carbons (Fsp3) is 0.235. The molecule has 1 unspecified atom stereocenters. The van der Waals surface area contributed by atoms with Crippen LogP contribution in [0.25, 0.3) is 21.2 Å². The van der Waals surface area contributed by atoms with E-state index in [2.05, 4.69) is 60.5 Å². The number of nitrogens with zero attached hydrogens (tertiary/aromatic N) is 1. The van der Waals surface area contributed by atoms with E-state index in [-0.39, 0.29) is 0 Å². The zero-order chi connectivity index (χ0) is 13.9. The Hall–Kier alpha value is -1.71. The lowest BCUT2D eigenvalue weighted by Gasteiger charge is -2.09. The summed E-state index contributed by atoms with van der Waals surface area (Å²) < 4.78 is 0. The molecular formula is C17H18N2S. The molecule has 3 aromatic rings. The third kappa shape index (κ3) is 2.47. The first kappa shape index (κ1) is 13.3. The maximum atomic E-state index is 4.20. The number of aromatic nitrogens is 1. The normalized spacial score (nSPS) is 12.7. The summed E-state index contributed by atoms with van der Waals surface area (Å²) in [5.74, 6) is 0. The van der Waals surface area contributed by atoms with Gasteiger partial charge in [-0.05, 0) is 42.6 Å². The number of fused-ring (bicyclic) bond motifs is 1. The number of benzene rings is 1. The van der Waals surface area contributed by atoms with Crippen molar-refractivity contribution in [3.8, 4) is 10.4 Å². The van der Waals surface area contributed by atoms with Gasteiger partial charge in [-0.2, -0.15) is 0 Å². The highest BCUT2D eigenvalue weighted by atomic mass is 32.1. The highest BCUT2D eigenvalue weighted by molar-refractivity contribution is 7.15. The standard InChI is InChI=1S/C17H18N2S/c1-3-19-12(2)16-7-8-17(20-16)15-6-4-5-13-11-18-10-9-14(13)15/h4-12,19H,3H2,1-2H3. The van der Waals surface area contributed by atoms with Gasteiger partial charge in [0.05, 0.1) is 0 Å². The molecule has 0 radical (unpaired) electrons. The van der Waals surface area contributed by atoms with Crippen LogP contribution in [-0.2, 0) is 0 Å². The quantitative estimate of drug-likeness (QED) is 0.754. The van der Waals surface area contributed by atoms with Crippen molar-refractivity contribution in [2.45, 2.75) is 19.9 Å². The zero-order valence-corrected chi connectivity index (χ0v) is 12.6. The molecule has 1 atom stereocenters. The maximum absolute atomic E-state index is 4.20. The molecule has 0 fully saturated rings. The summed E-state index contributed by atoms with van der Waals surface area (Å²) in [4.78, 5) is 6.90. The first-order valence-corrected chi connectivity index (χ1v) is 7.77. The summed E-state index contributed by atoms with van der Waals surface area (Å²) in [6.07, 6.45) is 3.79. The Morgan fingerprint density at radius 2 is 2.10 bits per heavy atom. The summed E-state index contributed by atoms with van der Waals surface area (Å²) in [7, 11) is 0. The predicted octanol–water partition coefficient (Wildman–Crippen LogP) is 4.63.